The summed E-state index contributed by atoms with van der Waals surface area (Å²) < 4.78 is 5.08. The zero-order valence-corrected chi connectivity index (χ0v) is 9.90. The van der Waals surface area contributed by atoms with Gasteiger partial charge in [0, 0.05) is 12.1 Å². The van der Waals surface area contributed by atoms with Crippen molar-refractivity contribution in [1.82, 2.24) is 0 Å². The van der Waals surface area contributed by atoms with Crippen molar-refractivity contribution >= 4 is 11.7 Å². The Morgan fingerprint density at radius 2 is 2.24 bits per heavy atom. The minimum Gasteiger partial charge on any atom is -0.462 e. The number of benzene rings is 1. The highest BCUT2D eigenvalue weighted by Gasteiger charge is 2.11. The molecule has 0 heterocycles. The fraction of sp³-hybridized carbons (Fsp3) is 0.385. The molecule has 0 amide bonds. The fourth-order valence-electron chi connectivity index (χ4n) is 1.41. The predicted molar refractivity (Wildman–Crippen MR) is 65.3 cm³/mol. The second kappa shape index (κ2) is 6.54. The maximum absolute atomic E-state index is 11.7. The molecule has 4 nitrogen and oxygen atoms in total. The minimum atomic E-state index is -0.400. The first-order valence-corrected chi connectivity index (χ1v) is 5.56. The molecular formula is C13H16N2O2. The van der Waals surface area contributed by atoms with Crippen molar-refractivity contribution in [3.05, 3.63) is 29.3 Å². The molecule has 2 N–H and O–H groups in total. The number of carbonyl (C=O) groups is 1. The topological polar surface area (TPSA) is 76.1 Å². The zero-order chi connectivity index (χ0) is 12.7. The largest absolute Gasteiger partial charge is 0.462 e. The van der Waals surface area contributed by atoms with Crippen molar-refractivity contribution in [2.24, 2.45) is 0 Å². The first-order chi connectivity index (χ1) is 8.16. The van der Waals surface area contributed by atoms with Gasteiger partial charge in [-0.1, -0.05) is 12.1 Å². The fourth-order valence-corrected chi connectivity index (χ4v) is 1.41. The lowest BCUT2D eigenvalue weighted by Gasteiger charge is -2.08. The summed E-state index contributed by atoms with van der Waals surface area (Å²) in [7, 11) is 0. The highest BCUT2D eigenvalue weighted by molar-refractivity contribution is 5.95. The molecule has 0 fully saturated rings. The van der Waals surface area contributed by atoms with Crippen LogP contribution in [0.1, 0.15) is 35.2 Å². The second-order valence-corrected chi connectivity index (χ2v) is 3.79. The number of anilines is 1. The lowest BCUT2D eigenvalue weighted by atomic mass is 10.1. The third-order valence-electron chi connectivity index (χ3n) is 2.46. The standard InChI is InChI=1S/C13H16N2O2/c1-10-6-5-7-11(12(10)15)13(16)17-9-4-2-3-8-14/h5-7H,2-4,9,15H2,1H3. The van der Waals surface area contributed by atoms with E-state index in [4.69, 9.17) is 15.7 Å². The number of esters is 1. The SMILES string of the molecule is Cc1cccc(C(=O)OCCCCC#N)c1N. The molecule has 1 aromatic carbocycles. The van der Waals surface area contributed by atoms with Crippen molar-refractivity contribution in [3.8, 4) is 6.07 Å². The van der Waals surface area contributed by atoms with Gasteiger partial charge in [-0.2, -0.15) is 5.26 Å². The third kappa shape index (κ3) is 3.80. The molecule has 0 saturated heterocycles. The number of nitrogens with zero attached hydrogens (tertiary/aromatic N) is 1. The van der Waals surface area contributed by atoms with Crippen LogP contribution in [0.2, 0.25) is 0 Å². The van der Waals surface area contributed by atoms with E-state index in [1.54, 1.807) is 12.1 Å². The molecule has 1 aromatic rings. The highest BCUT2D eigenvalue weighted by Crippen LogP contribution is 2.17. The van der Waals surface area contributed by atoms with Gasteiger partial charge in [-0.3, -0.25) is 0 Å². The van der Waals surface area contributed by atoms with E-state index in [0.717, 1.165) is 12.0 Å². The van der Waals surface area contributed by atoms with Gasteiger partial charge in [0.2, 0.25) is 0 Å². The highest BCUT2D eigenvalue weighted by atomic mass is 16.5. The summed E-state index contributed by atoms with van der Waals surface area (Å²) in [5.41, 5.74) is 7.53. The van der Waals surface area contributed by atoms with E-state index in [0.29, 0.717) is 30.7 Å². The molecule has 0 bridgehead atoms. The van der Waals surface area contributed by atoms with Crippen LogP contribution >= 0.6 is 0 Å². The number of carbonyl (C=O) groups excluding carboxylic acids is 1. The van der Waals surface area contributed by atoms with Crippen LogP contribution < -0.4 is 5.73 Å². The number of hydrogen-bond donors (Lipinski definition) is 1. The summed E-state index contributed by atoms with van der Waals surface area (Å²) in [4.78, 5) is 11.7. The lowest BCUT2D eigenvalue weighted by Crippen LogP contribution is -2.10. The maximum Gasteiger partial charge on any atom is 0.340 e. The van der Waals surface area contributed by atoms with Gasteiger partial charge in [-0.15, -0.1) is 0 Å². The van der Waals surface area contributed by atoms with E-state index < -0.39 is 5.97 Å². The Labute approximate surface area is 101 Å². The van der Waals surface area contributed by atoms with Crippen LogP contribution in [-0.2, 0) is 4.74 Å². The summed E-state index contributed by atoms with van der Waals surface area (Å²) in [6.45, 7) is 2.17. The number of ether oxygens (including phenoxy) is 1. The van der Waals surface area contributed by atoms with E-state index in [2.05, 4.69) is 0 Å². The van der Waals surface area contributed by atoms with Crippen LogP contribution in [0, 0.1) is 18.3 Å². The van der Waals surface area contributed by atoms with Crippen molar-refractivity contribution in [2.45, 2.75) is 26.2 Å². The van der Waals surface area contributed by atoms with Crippen LogP contribution in [0.4, 0.5) is 5.69 Å². The molecule has 0 aliphatic carbocycles. The monoisotopic (exact) mass is 232 g/mol. The molecule has 0 atom stereocenters. The van der Waals surface area contributed by atoms with E-state index in [1.165, 1.54) is 0 Å². The van der Waals surface area contributed by atoms with Gasteiger partial charge in [-0.05, 0) is 31.4 Å². The van der Waals surface area contributed by atoms with Crippen molar-refractivity contribution in [3.63, 3.8) is 0 Å². The molecule has 0 aliphatic heterocycles. The summed E-state index contributed by atoms with van der Waals surface area (Å²) in [5, 5.41) is 8.35. The number of nitriles is 1. The van der Waals surface area contributed by atoms with E-state index in [9.17, 15) is 4.79 Å². The summed E-state index contributed by atoms with van der Waals surface area (Å²) in [6.07, 6.45) is 1.93. The third-order valence-corrected chi connectivity index (χ3v) is 2.46. The smallest absolute Gasteiger partial charge is 0.340 e. The van der Waals surface area contributed by atoms with Crippen molar-refractivity contribution < 1.29 is 9.53 Å². The van der Waals surface area contributed by atoms with Crippen LogP contribution in [0.15, 0.2) is 18.2 Å². The average Bonchev–Trinajstić information content (AvgIpc) is 2.32. The quantitative estimate of drug-likeness (QED) is 0.480. The molecule has 17 heavy (non-hydrogen) atoms. The number of nitrogens with two attached hydrogens (primary N) is 1. The number of aryl methyl sites for hydroxylation is 1. The van der Waals surface area contributed by atoms with Gasteiger partial charge in [0.05, 0.1) is 18.2 Å². The average molecular weight is 232 g/mol. The van der Waals surface area contributed by atoms with Gasteiger partial charge >= 0.3 is 5.97 Å². The van der Waals surface area contributed by atoms with E-state index >= 15 is 0 Å². The van der Waals surface area contributed by atoms with E-state index in [1.807, 2.05) is 19.1 Å². The summed E-state index contributed by atoms with van der Waals surface area (Å²) in [5.74, 6) is -0.400. The summed E-state index contributed by atoms with van der Waals surface area (Å²) in [6, 6.07) is 7.32. The number of rotatable bonds is 5. The van der Waals surface area contributed by atoms with E-state index in [-0.39, 0.29) is 0 Å². The summed E-state index contributed by atoms with van der Waals surface area (Å²) >= 11 is 0. The Morgan fingerprint density at radius 1 is 1.47 bits per heavy atom. The molecular weight excluding hydrogens is 216 g/mol. The molecule has 0 aromatic heterocycles. The second-order valence-electron chi connectivity index (χ2n) is 3.79. The van der Waals surface area contributed by atoms with Crippen molar-refractivity contribution in [2.75, 3.05) is 12.3 Å². The predicted octanol–water partition coefficient (Wildman–Crippen LogP) is 2.43. The van der Waals surface area contributed by atoms with Crippen LogP contribution in [0.5, 0.6) is 0 Å². The van der Waals surface area contributed by atoms with Gasteiger partial charge < -0.3 is 10.5 Å². The Morgan fingerprint density at radius 3 is 2.94 bits per heavy atom. The Bertz CT molecular complexity index is 436. The van der Waals surface area contributed by atoms with Gasteiger partial charge in [0.25, 0.3) is 0 Å². The molecule has 0 aliphatic rings. The molecule has 0 radical (unpaired) electrons. The molecule has 0 unspecified atom stereocenters. The van der Waals surface area contributed by atoms with Crippen LogP contribution in [0.3, 0.4) is 0 Å². The number of hydrogen-bond acceptors (Lipinski definition) is 4. The van der Waals surface area contributed by atoms with Crippen LogP contribution in [0.25, 0.3) is 0 Å². The molecule has 0 spiro atoms. The number of unbranched alkanes of at least 4 members (excludes halogenated alkanes) is 2. The first-order valence-electron chi connectivity index (χ1n) is 5.56. The first kappa shape index (κ1) is 13.0. The number of para-hydroxylation sites is 1. The molecule has 0 saturated carbocycles. The normalized spacial score (nSPS) is 9.65. The number of nitrogen functional groups attached to an aromatic ring is 1. The van der Waals surface area contributed by atoms with Gasteiger partial charge in [0.1, 0.15) is 0 Å². The van der Waals surface area contributed by atoms with Crippen molar-refractivity contribution in [1.29, 1.82) is 5.26 Å². The Hall–Kier alpha value is -2.02. The Kier molecular flexibility index (Phi) is 5.02. The maximum atomic E-state index is 11.7. The Balaban J connectivity index is 2.48. The molecule has 1 rings (SSSR count). The molecule has 90 valence electrons. The van der Waals surface area contributed by atoms with Gasteiger partial charge in [-0.25, -0.2) is 4.79 Å². The molecule has 4 heteroatoms. The zero-order valence-electron chi connectivity index (χ0n) is 9.90. The van der Waals surface area contributed by atoms with Gasteiger partial charge in [0.15, 0.2) is 0 Å². The lowest BCUT2D eigenvalue weighted by molar-refractivity contribution is 0.0500. The minimum absolute atomic E-state index is 0.327. The van der Waals surface area contributed by atoms with Crippen LogP contribution in [-0.4, -0.2) is 12.6 Å².